The van der Waals surface area contributed by atoms with Gasteiger partial charge in [0.25, 0.3) is 5.91 Å². The highest BCUT2D eigenvalue weighted by Crippen LogP contribution is 2.22. The molecule has 2 aliphatic heterocycles. The summed E-state index contributed by atoms with van der Waals surface area (Å²) in [5.74, 6) is 0.295. The predicted molar refractivity (Wildman–Crippen MR) is 95.2 cm³/mol. The number of hydrogen-bond donors (Lipinski definition) is 1. The SMILES string of the molecule is C[C@@H](CCc1ccco1)NC(=O)C1=NN([C@H]2CCS(=O)(=O)C2)C(=O)CC1. The first-order chi connectivity index (χ1) is 12.3. The minimum atomic E-state index is -3.13. The van der Waals surface area contributed by atoms with Crippen LogP contribution in [0.25, 0.3) is 0 Å². The van der Waals surface area contributed by atoms with Crippen LogP contribution in [0.5, 0.6) is 0 Å². The molecular formula is C17H23N3O5S. The van der Waals surface area contributed by atoms with Gasteiger partial charge in [-0.25, -0.2) is 13.4 Å². The van der Waals surface area contributed by atoms with Crippen LogP contribution in [0.4, 0.5) is 0 Å². The summed E-state index contributed by atoms with van der Waals surface area (Å²) in [6.07, 6.45) is 3.85. The van der Waals surface area contributed by atoms with E-state index in [1.807, 2.05) is 19.1 Å². The number of carbonyl (C=O) groups is 2. The lowest BCUT2D eigenvalue weighted by molar-refractivity contribution is -0.133. The summed E-state index contributed by atoms with van der Waals surface area (Å²) in [4.78, 5) is 24.5. The van der Waals surface area contributed by atoms with Gasteiger partial charge in [0.2, 0.25) is 5.91 Å². The third-order valence-corrected chi connectivity index (χ3v) is 6.41. The zero-order chi connectivity index (χ0) is 18.7. The second-order valence-electron chi connectivity index (χ2n) is 6.83. The molecule has 0 bridgehead atoms. The fraction of sp³-hybridized carbons (Fsp3) is 0.588. The maximum absolute atomic E-state index is 12.4. The van der Waals surface area contributed by atoms with E-state index in [9.17, 15) is 18.0 Å². The number of rotatable bonds is 6. The first-order valence-electron chi connectivity index (χ1n) is 8.77. The molecule has 9 heteroatoms. The number of sulfone groups is 1. The Balaban J connectivity index is 1.59. The maximum atomic E-state index is 12.4. The fourth-order valence-corrected chi connectivity index (χ4v) is 4.87. The van der Waals surface area contributed by atoms with Gasteiger partial charge in [-0.1, -0.05) is 0 Å². The van der Waals surface area contributed by atoms with Gasteiger partial charge in [0, 0.05) is 25.3 Å². The van der Waals surface area contributed by atoms with Crippen LogP contribution in [-0.4, -0.2) is 54.5 Å². The molecule has 2 amide bonds. The van der Waals surface area contributed by atoms with Crippen molar-refractivity contribution in [1.29, 1.82) is 0 Å². The molecule has 26 heavy (non-hydrogen) atoms. The Kier molecular flexibility index (Phi) is 5.45. The van der Waals surface area contributed by atoms with Crippen molar-refractivity contribution in [3.8, 4) is 0 Å². The standard InChI is InChI=1S/C17H23N3O5S/c1-12(4-5-14-3-2-9-25-14)18-17(22)15-6-7-16(21)20(19-15)13-8-10-26(23,24)11-13/h2-3,9,12-13H,4-8,10-11H2,1H3,(H,18,22)/t12-,13-/m0/s1. The van der Waals surface area contributed by atoms with E-state index in [1.165, 1.54) is 5.01 Å². The van der Waals surface area contributed by atoms with Crippen molar-refractivity contribution in [3.05, 3.63) is 24.2 Å². The van der Waals surface area contributed by atoms with Gasteiger partial charge >= 0.3 is 0 Å². The van der Waals surface area contributed by atoms with Gasteiger partial charge in [-0.2, -0.15) is 5.10 Å². The van der Waals surface area contributed by atoms with Crippen molar-refractivity contribution in [2.45, 2.75) is 51.1 Å². The molecule has 0 spiro atoms. The van der Waals surface area contributed by atoms with Gasteiger partial charge in [-0.3, -0.25) is 9.59 Å². The first-order valence-corrected chi connectivity index (χ1v) is 10.6. The number of nitrogens with one attached hydrogen (secondary N) is 1. The highest BCUT2D eigenvalue weighted by Gasteiger charge is 2.37. The van der Waals surface area contributed by atoms with Crippen LogP contribution in [0.1, 0.15) is 38.4 Å². The second-order valence-corrected chi connectivity index (χ2v) is 9.06. The third-order valence-electron chi connectivity index (χ3n) is 4.66. The number of hydrogen-bond acceptors (Lipinski definition) is 6. The van der Waals surface area contributed by atoms with Crippen molar-refractivity contribution in [2.24, 2.45) is 5.10 Å². The van der Waals surface area contributed by atoms with Gasteiger partial charge < -0.3 is 9.73 Å². The van der Waals surface area contributed by atoms with Crippen LogP contribution in [0.15, 0.2) is 27.9 Å². The number of hydrazone groups is 1. The van der Waals surface area contributed by atoms with Crippen molar-refractivity contribution in [3.63, 3.8) is 0 Å². The fourth-order valence-electron chi connectivity index (χ4n) is 3.18. The van der Waals surface area contributed by atoms with E-state index >= 15 is 0 Å². The molecule has 1 fully saturated rings. The van der Waals surface area contributed by atoms with Crippen molar-refractivity contribution in [2.75, 3.05) is 11.5 Å². The van der Waals surface area contributed by atoms with Crippen molar-refractivity contribution in [1.82, 2.24) is 10.3 Å². The zero-order valence-electron chi connectivity index (χ0n) is 14.7. The highest BCUT2D eigenvalue weighted by atomic mass is 32.2. The van der Waals surface area contributed by atoms with E-state index in [2.05, 4.69) is 10.4 Å². The minimum Gasteiger partial charge on any atom is -0.469 e. The normalized spacial score (nSPS) is 23.6. The van der Waals surface area contributed by atoms with Crippen LogP contribution < -0.4 is 5.32 Å². The quantitative estimate of drug-likeness (QED) is 0.787. The lowest BCUT2D eigenvalue weighted by Crippen LogP contribution is -2.45. The molecular weight excluding hydrogens is 358 g/mol. The Hall–Kier alpha value is -2.16. The summed E-state index contributed by atoms with van der Waals surface area (Å²) >= 11 is 0. The van der Waals surface area contributed by atoms with Crippen molar-refractivity contribution < 1.29 is 22.4 Å². The monoisotopic (exact) mass is 381 g/mol. The Bertz CT molecular complexity index is 800. The Morgan fingerprint density at radius 1 is 1.46 bits per heavy atom. The summed E-state index contributed by atoms with van der Waals surface area (Å²) < 4.78 is 28.6. The number of amides is 2. The number of nitrogens with zero attached hydrogens (tertiary/aromatic N) is 2. The first kappa shape index (κ1) is 18.6. The molecule has 3 heterocycles. The van der Waals surface area contributed by atoms with Crippen LogP contribution in [0, 0.1) is 0 Å². The van der Waals surface area contributed by atoms with E-state index in [0.717, 1.165) is 12.2 Å². The van der Waals surface area contributed by atoms with Crippen LogP contribution >= 0.6 is 0 Å². The Labute approximate surface area is 152 Å². The maximum Gasteiger partial charge on any atom is 0.267 e. The molecule has 0 aromatic carbocycles. The molecule has 1 aromatic rings. The van der Waals surface area contributed by atoms with E-state index < -0.39 is 15.9 Å². The van der Waals surface area contributed by atoms with Crippen LogP contribution in [-0.2, 0) is 25.8 Å². The third kappa shape index (κ3) is 4.51. The van der Waals surface area contributed by atoms with E-state index in [-0.39, 0.29) is 47.9 Å². The van der Waals surface area contributed by atoms with Gasteiger partial charge in [0.15, 0.2) is 9.84 Å². The van der Waals surface area contributed by atoms with Gasteiger partial charge in [0.1, 0.15) is 11.5 Å². The summed E-state index contributed by atoms with van der Waals surface area (Å²) in [6, 6.07) is 3.17. The molecule has 1 N–H and O–H groups in total. The molecule has 1 aromatic heterocycles. The van der Waals surface area contributed by atoms with Gasteiger partial charge in [-0.15, -0.1) is 0 Å². The number of furan rings is 1. The molecule has 3 rings (SSSR count). The molecule has 0 radical (unpaired) electrons. The minimum absolute atomic E-state index is 0.0578. The topological polar surface area (TPSA) is 109 Å². The Morgan fingerprint density at radius 3 is 2.92 bits per heavy atom. The average molecular weight is 381 g/mol. The molecule has 2 aliphatic rings. The Morgan fingerprint density at radius 2 is 2.27 bits per heavy atom. The van der Waals surface area contributed by atoms with Gasteiger partial charge in [-0.05, 0) is 31.9 Å². The molecule has 0 saturated carbocycles. The lowest BCUT2D eigenvalue weighted by atomic mass is 10.1. The summed E-state index contributed by atoms with van der Waals surface area (Å²) in [5.41, 5.74) is 0.277. The van der Waals surface area contributed by atoms with Crippen LogP contribution in [0.3, 0.4) is 0 Å². The zero-order valence-corrected chi connectivity index (χ0v) is 15.5. The largest absolute Gasteiger partial charge is 0.469 e. The molecule has 2 atom stereocenters. The smallest absolute Gasteiger partial charge is 0.267 e. The predicted octanol–water partition coefficient (Wildman–Crippen LogP) is 0.882. The summed E-state index contributed by atoms with van der Waals surface area (Å²) in [5, 5.41) is 8.27. The number of aryl methyl sites for hydroxylation is 1. The molecule has 8 nitrogen and oxygen atoms in total. The van der Waals surface area contributed by atoms with E-state index in [1.54, 1.807) is 6.26 Å². The van der Waals surface area contributed by atoms with Crippen LogP contribution in [0.2, 0.25) is 0 Å². The average Bonchev–Trinajstić information content (AvgIpc) is 3.22. The second kappa shape index (κ2) is 7.61. The van der Waals surface area contributed by atoms with Crippen molar-refractivity contribution >= 4 is 27.4 Å². The van der Waals surface area contributed by atoms with E-state index in [0.29, 0.717) is 12.8 Å². The molecule has 0 aliphatic carbocycles. The number of carbonyl (C=O) groups excluding carboxylic acids is 2. The molecule has 1 saturated heterocycles. The van der Waals surface area contributed by atoms with Gasteiger partial charge in [0.05, 0.1) is 23.8 Å². The lowest BCUT2D eigenvalue weighted by Gasteiger charge is -2.28. The highest BCUT2D eigenvalue weighted by molar-refractivity contribution is 7.91. The summed E-state index contributed by atoms with van der Waals surface area (Å²) in [6.45, 7) is 1.90. The van der Waals surface area contributed by atoms with E-state index in [4.69, 9.17) is 4.42 Å². The molecule has 0 unspecified atom stereocenters. The summed E-state index contributed by atoms with van der Waals surface area (Å²) in [7, 11) is -3.13. The molecule has 142 valence electrons.